The molecule has 2 aliphatic carbocycles. The molecule has 2 nitrogen and oxygen atoms in total. The molecule has 15 heavy (non-hydrogen) atoms. The third kappa shape index (κ3) is 1.15. The molecule has 0 amide bonds. The molecule has 0 unspecified atom stereocenters. The van der Waals surface area contributed by atoms with Crippen molar-refractivity contribution in [1.82, 2.24) is 4.98 Å². The van der Waals surface area contributed by atoms with Crippen LogP contribution in [0.3, 0.4) is 0 Å². The minimum atomic E-state index is -0.0197. The molecule has 0 aliphatic heterocycles. The van der Waals surface area contributed by atoms with Crippen molar-refractivity contribution in [2.24, 2.45) is 0 Å². The van der Waals surface area contributed by atoms with Crippen LogP contribution in [0.2, 0.25) is 0 Å². The summed E-state index contributed by atoms with van der Waals surface area (Å²) in [5.41, 5.74) is 2.09. The number of rotatable bonds is 0. The third-order valence-electron chi connectivity index (χ3n) is 2.65. The molecule has 0 bridgehead atoms. The summed E-state index contributed by atoms with van der Waals surface area (Å²) in [5, 5.41) is 1.78. The number of aromatic amines is 1. The zero-order valence-corrected chi connectivity index (χ0v) is 8.03. The average molecular weight is 195 g/mol. The molecule has 1 aromatic rings. The van der Waals surface area contributed by atoms with Gasteiger partial charge in [-0.25, -0.2) is 0 Å². The SMILES string of the molecule is O=c1[nH]ccc2cc3cccccc-3c12. The van der Waals surface area contributed by atoms with Gasteiger partial charge >= 0.3 is 0 Å². The zero-order chi connectivity index (χ0) is 10.3. The van der Waals surface area contributed by atoms with Crippen LogP contribution in [0.4, 0.5) is 0 Å². The van der Waals surface area contributed by atoms with Crippen LogP contribution in [0.1, 0.15) is 0 Å². The molecule has 0 radical (unpaired) electrons. The van der Waals surface area contributed by atoms with Crippen molar-refractivity contribution in [2.75, 3.05) is 0 Å². The zero-order valence-electron chi connectivity index (χ0n) is 8.03. The number of H-pyrrole nitrogens is 1. The van der Waals surface area contributed by atoms with Gasteiger partial charge in [0.1, 0.15) is 0 Å². The van der Waals surface area contributed by atoms with E-state index in [0.717, 1.165) is 21.9 Å². The summed E-state index contributed by atoms with van der Waals surface area (Å²) in [4.78, 5) is 14.4. The van der Waals surface area contributed by atoms with E-state index in [1.54, 1.807) is 6.20 Å². The van der Waals surface area contributed by atoms with E-state index in [1.165, 1.54) is 0 Å². The summed E-state index contributed by atoms with van der Waals surface area (Å²) in [5.74, 6) is 0. The van der Waals surface area contributed by atoms with Gasteiger partial charge in [-0.1, -0.05) is 30.3 Å². The largest absolute Gasteiger partial charge is 0.329 e. The maximum absolute atomic E-state index is 11.7. The fourth-order valence-electron chi connectivity index (χ4n) is 1.97. The van der Waals surface area contributed by atoms with Crippen LogP contribution in [0.15, 0.2) is 53.5 Å². The molecular weight excluding hydrogens is 186 g/mol. The Labute approximate surface area is 86.5 Å². The van der Waals surface area contributed by atoms with E-state index < -0.39 is 0 Å². The molecule has 1 aromatic heterocycles. The first-order chi connectivity index (χ1) is 7.36. The standard InChI is InChI=1S/C13H9NO/c15-13-12-10(6-7-14-13)8-9-4-2-1-3-5-11(9)12/h1-8H,(H,14,15). The first kappa shape index (κ1) is 8.24. The van der Waals surface area contributed by atoms with E-state index in [1.807, 2.05) is 42.5 Å². The molecule has 0 saturated carbocycles. The van der Waals surface area contributed by atoms with Gasteiger partial charge in [0.25, 0.3) is 5.56 Å². The molecule has 72 valence electrons. The lowest BCUT2D eigenvalue weighted by Crippen LogP contribution is -2.03. The number of fused-ring (bicyclic) bond motifs is 3. The van der Waals surface area contributed by atoms with Crippen molar-refractivity contribution in [3.63, 3.8) is 0 Å². The van der Waals surface area contributed by atoms with E-state index in [4.69, 9.17) is 0 Å². The Kier molecular flexibility index (Phi) is 1.62. The van der Waals surface area contributed by atoms with Gasteiger partial charge in [-0.05, 0) is 28.6 Å². The summed E-state index contributed by atoms with van der Waals surface area (Å²) in [6, 6.07) is 13.9. The molecule has 2 aliphatic rings. The summed E-state index contributed by atoms with van der Waals surface area (Å²) in [7, 11) is 0. The summed E-state index contributed by atoms with van der Waals surface area (Å²) >= 11 is 0. The lowest BCUT2D eigenvalue weighted by Gasteiger charge is -1.91. The molecule has 0 saturated heterocycles. The number of hydrogen-bond acceptors (Lipinski definition) is 1. The smallest absolute Gasteiger partial charge is 0.256 e. The van der Waals surface area contributed by atoms with Crippen molar-refractivity contribution >= 4 is 10.8 Å². The Morgan fingerprint density at radius 2 is 1.87 bits per heavy atom. The minimum Gasteiger partial charge on any atom is -0.329 e. The Morgan fingerprint density at radius 1 is 1.00 bits per heavy atom. The van der Waals surface area contributed by atoms with E-state index in [9.17, 15) is 4.79 Å². The quantitative estimate of drug-likeness (QED) is 0.587. The number of aromatic nitrogens is 1. The molecule has 2 heteroatoms. The molecule has 1 heterocycles. The van der Waals surface area contributed by atoms with Crippen LogP contribution in [-0.2, 0) is 0 Å². The summed E-state index contributed by atoms with van der Waals surface area (Å²) in [6.45, 7) is 0. The second-order valence-electron chi connectivity index (χ2n) is 3.56. The minimum absolute atomic E-state index is 0.0197. The Morgan fingerprint density at radius 3 is 2.80 bits per heavy atom. The van der Waals surface area contributed by atoms with Gasteiger partial charge in [0.15, 0.2) is 0 Å². The van der Waals surface area contributed by atoms with Crippen molar-refractivity contribution in [3.05, 3.63) is 59.0 Å². The van der Waals surface area contributed by atoms with Gasteiger partial charge < -0.3 is 4.98 Å². The topological polar surface area (TPSA) is 32.9 Å². The van der Waals surface area contributed by atoms with Crippen LogP contribution < -0.4 is 5.56 Å². The molecule has 1 N–H and O–H groups in total. The van der Waals surface area contributed by atoms with E-state index >= 15 is 0 Å². The first-order valence-electron chi connectivity index (χ1n) is 4.85. The van der Waals surface area contributed by atoms with Crippen molar-refractivity contribution in [1.29, 1.82) is 0 Å². The highest BCUT2D eigenvalue weighted by molar-refractivity contribution is 6.01. The normalized spacial score (nSPS) is 10.9. The van der Waals surface area contributed by atoms with E-state index in [2.05, 4.69) is 4.98 Å². The maximum Gasteiger partial charge on any atom is 0.256 e. The third-order valence-corrected chi connectivity index (χ3v) is 2.65. The lowest BCUT2D eigenvalue weighted by molar-refractivity contribution is 1.28. The molecule has 0 atom stereocenters. The van der Waals surface area contributed by atoms with E-state index in [-0.39, 0.29) is 5.56 Å². The van der Waals surface area contributed by atoms with Crippen LogP contribution >= 0.6 is 0 Å². The molecule has 0 aromatic carbocycles. The van der Waals surface area contributed by atoms with E-state index in [0.29, 0.717) is 0 Å². The Balaban J connectivity index is 2.60. The monoisotopic (exact) mass is 195 g/mol. The number of pyridine rings is 1. The Hall–Kier alpha value is -2.09. The first-order valence-corrected chi connectivity index (χ1v) is 4.85. The highest BCUT2D eigenvalue weighted by atomic mass is 16.1. The molecular formula is C13H9NO. The Bertz CT molecular complexity index is 654. The predicted molar refractivity (Wildman–Crippen MR) is 61.2 cm³/mol. The van der Waals surface area contributed by atoms with Gasteiger partial charge in [0.2, 0.25) is 0 Å². The van der Waals surface area contributed by atoms with Crippen LogP contribution in [-0.4, -0.2) is 4.98 Å². The second kappa shape index (κ2) is 2.95. The van der Waals surface area contributed by atoms with Crippen molar-refractivity contribution in [2.45, 2.75) is 0 Å². The molecule has 3 rings (SSSR count). The number of hydrogen-bond donors (Lipinski definition) is 1. The summed E-state index contributed by atoms with van der Waals surface area (Å²) in [6.07, 6.45) is 1.68. The van der Waals surface area contributed by atoms with Gasteiger partial charge in [-0.3, -0.25) is 4.79 Å². The van der Waals surface area contributed by atoms with Crippen LogP contribution in [0.5, 0.6) is 0 Å². The fourth-order valence-corrected chi connectivity index (χ4v) is 1.97. The molecule has 0 spiro atoms. The highest BCUT2D eigenvalue weighted by Crippen LogP contribution is 2.30. The maximum atomic E-state index is 11.7. The van der Waals surface area contributed by atoms with Crippen LogP contribution in [0, 0.1) is 0 Å². The predicted octanol–water partition coefficient (Wildman–Crippen LogP) is 2.63. The molecule has 0 fully saturated rings. The van der Waals surface area contributed by atoms with Crippen molar-refractivity contribution < 1.29 is 0 Å². The van der Waals surface area contributed by atoms with Gasteiger partial charge in [-0.2, -0.15) is 0 Å². The second-order valence-corrected chi connectivity index (χ2v) is 3.56. The van der Waals surface area contributed by atoms with Crippen molar-refractivity contribution in [3.8, 4) is 11.1 Å². The van der Waals surface area contributed by atoms with Crippen LogP contribution in [0.25, 0.3) is 21.9 Å². The lowest BCUT2D eigenvalue weighted by atomic mass is 10.1. The van der Waals surface area contributed by atoms with Gasteiger partial charge in [0, 0.05) is 6.20 Å². The average Bonchev–Trinajstić information content (AvgIpc) is 2.43. The highest BCUT2D eigenvalue weighted by Gasteiger charge is 2.10. The number of nitrogens with one attached hydrogen (secondary N) is 1. The van der Waals surface area contributed by atoms with Gasteiger partial charge in [0.05, 0.1) is 5.39 Å². The van der Waals surface area contributed by atoms with Gasteiger partial charge in [-0.15, -0.1) is 0 Å². The summed E-state index contributed by atoms with van der Waals surface area (Å²) < 4.78 is 0. The fraction of sp³-hybridized carbons (Fsp3) is 0.